The Morgan fingerprint density at radius 3 is 2.64 bits per heavy atom. The standard InChI is InChI=1S/C15H14Cl2N6O4S/c1-23-20-14(19-22-23)6-12-13(4-8(7-18-12)15(24)25)21-28(26,27)9-2-3-10(16)11(17)5-9/h2-5,7,21-22H,6H2,1H3,(H,19,20)(H,24,25). The number of nitrogens with one attached hydrogen (secondary N) is 3. The summed E-state index contributed by atoms with van der Waals surface area (Å²) >= 11 is 11.7. The fraction of sp³-hybridized carbons (Fsp3) is 0.133. The Labute approximate surface area is 170 Å². The second kappa shape index (κ2) is 7.80. The van der Waals surface area contributed by atoms with Crippen LogP contribution < -0.4 is 15.7 Å². The Bertz CT molecular complexity index is 1080. The summed E-state index contributed by atoms with van der Waals surface area (Å²) in [5, 5.41) is 15.0. The number of aromatic nitrogens is 1. The summed E-state index contributed by atoms with van der Waals surface area (Å²) in [7, 11) is -2.39. The van der Waals surface area contributed by atoms with E-state index in [-0.39, 0.29) is 38.3 Å². The van der Waals surface area contributed by atoms with Crippen molar-refractivity contribution in [1.29, 1.82) is 0 Å². The molecule has 0 saturated heterocycles. The molecule has 0 saturated carbocycles. The summed E-state index contributed by atoms with van der Waals surface area (Å²) in [6, 6.07) is 5.02. The van der Waals surface area contributed by atoms with Gasteiger partial charge in [-0.25, -0.2) is 18.7 Å². The third-order valence-corrected chi connectivity index (χ3v) is 5.73. The largest absolute Gasteiger partial charge is 0.478 e. The van der Waals surface area contributed by atoms with Gasteiger partial charge < -0.3 is 5.11 Å². The Morgan fingerprint density at radius 1 is 1.29 bits per heavy atom. The number of hydrazine groups is 2. The van der Waals surface area contributed by atoms with Crippen LogP contribution in [0.5, 0.6) is 0 Å². The van der Waals surface area contributed by atoms with E-state index in [2.05, 4.69) is 25.8 Å². The van der Waals surface area contributed by atoms with Crippen LogP contribution in [0.4, 0.5) is 5.69 Å². The van der Waals surface area contributed by atoms with Gasteiger partial charge in [0.1, 0.15) is 5.84 Å². The average molecular weight is 445 g/mol. The molecule has 2 heterocycles. The number of rotatable bonds is 6. The van der Waals surface area contributed by atoms with E-state index < -0.39 is 16.0 Å². The molecular formula is C15H14Cl2N6O4S. The zero-order chi connectivity index (χ0) is 20.5. The first-order valence-electron chi connectivity index (χ1n) is 7.68. The van der Waals surface area contributed by atoms with Crippen LogP contribution >= 0.6 is 23.2 Å². The molecule has 1 aliphatic heterocycles. The van der Waals surface area contributed by atoms with Gasteiger partial charge in [0.15, 0.2) is 0 Å². The lowest BCUT2D eigenvalue weighted by molar-refractivity contribution is 0.0696. The minimum absolute atomic E-state index is 0.00465. The summed E-state index contributed by atoms with van der Waals surface area (Å²) in [4.78, 5) is 15.2. The molecule has 0 aliphatic carbocycles. The highest BCUT2D eigenvalue weighted by molar-refractivity contribution is 7.92. The molecule has 3 rings (SSSR count). The Balaban J connectivity index is 1.97. The number of hydrogen-bond acceptors (Lipinski definition) is 8. The van der Waals surface area contributed by atoms with Gasteiger partial charge in [0.25, 0.3) is 10.0 Å². The summed E-state index contributed by atoms with van der Waals surface area (Å²) in [5.74, 6) is -0.778. The van der Waals surface area contributed by atoms with Crippen LogP contribution in [0.2, 0.25) is 10.0 Å². The molecule has 0 fully saturated rings. The van der Waals surface area contributed by atoms with Crippen LogP contribution in [-0.2, 0) is 16.4 Å². The highest BCUT2D eigenvalue weighted by atomic mass is 35.5. The number of hydrazone groups is 1. The number of sulfonamides is 1. The van der Waals surface area contributed by atoms with E-state index in [4.69, 9.17) is 23.2 Å². The summed E-state index contributed by atoms with van der Waals surface area (Å²) in [6.07, 6.45) is 1.26. The number of aromatic carboxylic acids is 1. The van der Waals surface area contributed by atoms with E-state index in [9.17, 15) is 18.3 Å². The van der Waals surface area contributed by atoms with Gasteiger partial charge in [-0.05, 0) is 24.3 Å². The smallest absolute Gasteiger partial charge is 0.337 e. The molecular weight excluding hydrogens is 431 g/mol. The number of carbonyl (C=O) groups is 1. The van der Waals surface area contributed by atoms with Crippen molar-refractivity contribution in [3.05, 3.63) is 51.8 Å². The lowest BCUT2D eigenvalue weighted by Crippen LogP contribution is -2.38. The zero-order valence-corrected chi connectivity index (χ0v) is 16.6. The number of benzene rings is 1. The second-order valence-electron chi connectivity index (χ2n) is 5.71. The first kappa shape index (κ1) is 20.1. The maximum absolute atomic E-state index is 12.7. The number of pyridine rings is 1. The highest BCUT2D eigenvalue weighted by Crippen LogP contribution is 2.27. The molecule has 0 amide bonds. The van der Waals surface area contributed by atoms with Crippen LogP contribution in [0.15, 0.2) is 40.5 Å². The first-order valence-corrected chi connectivity index (χ1v) is 9.92. The van der Waals surface area contributed by atoms with Crippen LogP contribution in [0.25, 0.3) is 0 Å². The first-order chi connectivity index (χ1) is 13.2. The van der Waals surface area contributed by atoms with Crippen molar-refractivity contribution >= 4 is 50.7 Å². The number of nitrogens with zero attached hydrogens (tertiary/aromatic N) is 3. The van der Waals surface area contributed by atoms with E-state index in [1.165, 1.54) is 29.4 Å². The Hall–Kier alpha value is -2.60. The number of anilines is 1. The molecule has 13 heteroatoms. The quantitative estimate of drug-likeness (QED) is 0.528. The van der Waals surface area contributed by atoms with Crippen molar-refractivity contribution in [2.24, 2.45) is 5.10 Å². The number of halogens is 2. The monoisotopic (exact) mass is 444 g/mol. The maximum Gasteiger partial charge on any atom is 0.337 e. The van der Waals surface area contributed by atoms with Crippen molar-refractivity contribution in [1.82, 2.24) is 21.1 Å². The number of carboxylic acid groups (broad SMARTS) is 1. The summed E-state index contributed by atoms with van der Waals surface area (Å²) in [5.41, 5.74) is 5.63. The molecule has 0 unspecified atom stereocenters. The lowest BCUT2D eigenvalue weighted by Gasteiger charge is -2.14. The average Bonchev–Trinajstić information content (AvgIpc) is 3.03. The van der Waals surface area contributed by atoms with Crippen molar-refractivity contribution in [2.75, 3.05) is 11.8 Å². The molecule has 2 aromatic rings. The zero-order valence-electron chi connectivity index (χ0n) is 14.3. The Morgan fingerprint density at radius 2 is 2.04 bits per heavy atom. The molecule has 0 spiro atoms. The van der Waals surface area contributed by atoms with Gasteiger partial charge in [0.05, 0.1) is 38.3 Å². The van der Waals surface area contributed by atoms with Gasteiger partial charge in [-0.3, -0.25) is 15.1 Å². The van der Waals surface area contributed by atoms with E-state index in [1.807, 2.05) is 0 Å². The van der Waals surface area contributed by atoms with Crippen molar-refractivity contribution in [2.45, 2.75) is 11.3 Å². The summed E-state index contributed by atoms with van der Waals surface area (Å²) in [6.45, 7) is 0. The molecule has 10 nitrogen and oxygen atoms in total. The minimum Gasteiger partial charge on any atom is -0.478 e. The predicted octanol–water partition coefficient (Wildman–Crippen LogP) is 1.70. The van der Waals surface area contributed by atoms with E-state index in [0.29, 0.717) is 5.84 Å². The van der Waals surface area contributed by atoms with Crippen LogP contribution in [-0.4, -0.2) is 42.5 Å². The van der Waals surface area contributed by atoms with Gasteiger partial charge >= 0.3 is 5.97 Å². The molecule has 1 aromatic carbocycles. The molecule has 148 valence electrons. The second-order valence-corrected chi connectivity index (χ2v) is 8.21. The van der Waals surface area contributed by atoms with Gasteiger partial charge in [0, 0.05) is 13.2 Å². The van der Waals surface area contributed by atoms with Crippen LogP contribution in [0.3, 0.4) is 0 Å². The maximum atomic E-state index is 12.7. The molecule has 1 aliphatic rings. The van der Waals surface area contributed by atoms with E-state index >= 15 is 0 Å². The number of carboxylic acids is 1. The molecule has 1 aromatic heterocycles. The minimum atomic E-state index is -4.07. The van der Waals surface area contributed by atoms with Crippen molar-refractivity contribution < 1.29 is 18.3 Å². The normalized spacial score (nSPS) is 14.2. The molecule has 0 radical (unpaired) electrons. The van der Waals surface area contributed by atoms with Crippen LogP contribution in [0.1, 0.15) is 16.1 Å². The lowest BCUT2D eigenvalue weighted by atomic mass is 10.2. The fourth-order valence-corrected chi connectivity index (χ4v) is 3.77. The van der Waals surface area contributed by atoms with Crippen molar-refractivity contribution in [3.63, 3.8) is 0 Å². The predicted molar refractivity (Wildman–Crippen MR) is 104 cm³/mol. The molecule has 0 bridgehead atoms. The topological polar surface area (TPSA) is 136 Å². The van der Waals surface area contributed by atoms with Crippen LogP contribution in [0, 0.1) is 0 Å². The molecule has 4 N–H and O–H groups in total. The number of hydrogen-bond donors (Lipinski definition) is 4. The molecule has 0 atom stereocenters. The summed E-state index contributed by atoms with van der Waals surface area (Å²) < 4.78 is 27.8. The van der Waals surface area contributed by atoms with Gasteiger partial charge in [-0.15, -0.1) is 10.2 Å². The fourth-order valence-electron chi connectivity index (χ4n) is 2.30. The van der Waals surface area contributed by atoms with E-state index in [0.717, 1.165) is 6.20 Å². The highest BCUT2D eigenvalue weighted by Gasteiger charge is 2.21. The van der Waals surface area contributed by atoms with Crippen molar-refractivity contribution in [3.8, 4) is 0 Å². The van der Waals surface area contributed by atoms with E-state index in [1.54, 1.807) is 7.05 Å². The number of amidine groups is 1. The molecule has 28 heavy (non-hydrogen) atoms. The third-order valence-electron chi connectivity index (χ3n) is 3.63. The third kappa shape index (κ3) is 4.44. The SMILES string of the molecule is CN1NN=C(Cc2ncc(C(=O)O)cc2NS(=O)(=O)c2ccc(Cl)c(Cl)c2)N1. The van der Waals surface area contributed by atoms with Gasteiger partial charge in [-0.1, -0.05) is 23.2 Å². The van der Waals surface area contributed by atoms with Gasteiger partial charge in [-0.2, -0.15) is 0 Å². The Kier molecular flexibility index (Phi) is 5.61. The van der Waals surface area contributed by atoms with Gasteiger partial charge in [0.2, 0.25) is 0 Å².